The van der Waals surface area contributed by atoms with E-state index in [0.29, 0.717) is 0 Å². The van der Waals surface area contributed by atoms with Gasteiger partial charge in [-0.2, -0.15) is 4.31 Å². The molecule has 144 valence electrons. The van der Waals surface area contributed by atoms with Crippen LogP contribution < -0.4 is 5.32 Å². The number of nitro groups is 2. The summed E-state index contributed by atoms with van der Waals surface area (Å²) < 4.78 is 26.5. The molecule has 0 aromatic heterocycles. The topological polar surface area (TPSA) is 136 Å². The van der Waals surface area contributed by atoms with Gasteiger partial charge in [-0.15, -0.1) is 0 Å². The highest BCUT2D eigenvalue weighted by Gasteiger charge is 2.23. The highest BCUT2D eigenvalue weighted by atomic mass is 32.2. The molecule has 0 unspecified atom stereocenters. The third kappa shape index (κ3) is 4.77. The van der Waals surface area contributed by atoms with E-state index in [9.17, 15) is 28.6 Å². The molecular formula is C16H18N4O6S. The van der Waals surface area contributed by atoms with Gasteiger partial charge in [0.1, 0.15) is 5.69 Å². The Morgan fingerprint density at radius 3 is 2.26 bits per heavy atom. The van der Waals surface area contributed by atoms with Gasteiger partial charge in [0, 0.05) is 25.7 Å². The Morgan fingerprint density at radius 1 is 1.04 bits per heavy atom. The van der Waals surface area contributed by atoms with E-state index in [2.05, 4.69) is 5.32 Å². The first-order valence-electron chi connectivity index (χ1n) is 7.99. The van der Waals surface area contributed by atoms with Crippen LogP contribution in [0.25, 0.3) is 0 Å². The third-order valence-electron chi connectivity index (χ3n) is 3.80. The van der Waals surface area contributed by atoms with Gasteiger partial charge < -0.3 is 5.32 Å². The summed E-state index contributed by atoms with van der Waals surface area (Å²) in [5.74, 6) is 0. The molecule has 2 rings (SSSR count). The Hall–Kier alpha value is -3.05. The molecule has 2 aromatic rings. The Labute approximate surface area is 155 Å². The number of nitrogens with one attached hydrogen (secondary N) is 1. The molecule has 0 heterocycles. The highest BCUT2D eigenvalue weighted by molar-refractivity contribution is 7.89. The van der Waals surface area contributed by atoms with E-state index >= 15 is 0 Å². The SMILES string of the molecule is CCN(CCNc1ccc([N+](=O)[O-])cc1[N+](=O)[O-])S(=O)(=O)c1ccccc1. The van der Waals surface area contributed by atoms with E-state index in [1.165, 1.54) is 22.5 Å². The fourth-order valence-corrected chi connectivity index (χ4v) is 3.91. The molecule has 0 saturated carbocycles. The Bertz CT molecular complexity index is 933. The van der Waals surface area contributed by atoms with Crippen LogP contribution in [-0.4, -0.2) is 42.2 Å². The molecule has 0 atom stereocenters. The predicted octanol–water partition coefficient (Wildman–Crippen LogP) is 2.63. The summed E-state index contributed by atoms with van der Waals surface area (Å²) in [5, 5.41) is 24.7. The van der Waals surface area contributed by atoms with Gasteiger partial charge in [0.05, 0.1) is 20.8 Å². The van der Waals surface area contributed by atoms with E-state index in [-0.39, 0.29) is 30.2 Å². The van der Waals surface area contributed by atoms with E-state index in [1.54, 1.807) is 25.1 Å². The lowest BCUT2D eigenvalue weighted by Gasteiger charge is -2.21. The summed E-state index contributed by atoms with van der Waals surface area (Å²) in [6.07, 6.45) is 0. The number of rotatable bonds is 9. The number of nitrogens with zero attached hydrogens (tertiary/aromatic N) is 3. The molecule has 0 aliphatic heterocycles. The van der Waals surface area contributed by atoms with Crippen molar-refractivity contribution in [1.82, 2.24) is 4.31 Å². The Balaban J connectivity index is 2.13. The molecular weight excluding hydrogens is 376 g/mol. The molecule has 0 aliphatic rings. The number of anilines is 1. The maximum Gasteiger partial charge on any atom is 0.299 e. The van der Waals surface area contributed by atoms with Gasteiger partial charge >= 0.3 is 0 Å². The molecule has 27 heavy (non-hydrogen) atoms. The number of benzene rings is 2. The minimum atomic E-state index is -3.68. The summed E-state index contributed by atoms with van der Waals surface area (Å²) in [4.78, 5) is 20.6. The van der Waals surface area contributed by atoms with E-state index in [0.717, 1.165) is 12.1 Å². The average Bonchev–Trinajstić information content (AvgIpc) is 2.65. The molecule has 0 aliphatic carbocycles. The lowest BCUT2D eigenvalue weighted by molar-refractivity contribution is -0.393. The van der Waals surface area contributed by atoms with Crippen LogP contribution in [0.1, 0.15) is 6.92 Å². The van der Waals surface area contributed by atoms with Gasteiger partial charge in [-0.1, -0.05) is 25.1 Å². The van der Waals surface area contributed by atoms with Gasteiger partial charge in [0.25, 0.3) is 11.4 Å². The summed E-state index contributed by atoms with van der Waals surface area (Å²) >= 11 is 0. The predicted molar refractivity (Wildman–Crippen MR) is 99.1 cm³/mol. The van der Waals surface area contributed by atoms with Crippen LogP contribution in [0, 0.1) is 20.2 Å². The van der Waals surface area contributed by atoms with Crippen LogP contribution in [0.3, 0.4) is 0 Å². The Kier molecular flexibility index (Phi) is 6.42. The van der Waals surface area contributed by atoms with Gasteiger partial charge in [-0.05, 0) is 18.2 Å². The van der Waals surface area contributed by atoms with Crippen molar-refractivity contribution in [2.75, 3.05) is 25.0 Å². The third-order valence-corrected chi connectivity index (χ3v) is 5.79. The largest absolute Gasteiger partial charge is 0.378 e. The second kappa shape index (κ2) is 8.56. The van der Waals surface area contributed by atoms with Gasteiger partial charge in [0.15, 0.2) is 0 Å². The second-order valence-corrected chi connectivity index (χ2v) is 7.39. The fraction of sp³-hybridized carbons (Fsp3) is 0.250. The quantitative estimate of drug-likeness (QED) is 0.510. The van der Waals surface area contributed by atoms with Crippen LogP contribution >= 0.6 is 0 Å². The van der Waals surface area contributed by atoms with Gasteiger partial charge in [-0.25, -0.2) is 8.42 Å². The maximum absolute atomic E-state index is 12.6. The Morgan fingerprint density at radius 2 is 1.70 bits per heavy atom. The zero-order valence-corrected chi connectivity index (χ0v) is 15.3. The molecule has 0 saturated heterocycles. The number of hydrogen-bond donors (Lipinski definition) is 1. The summed E-state index contributed by atoms with van der Waals surface area (Å²) in [6.45, 7) is 2.08. The van der Waals surface area contributed by atoms with Crippen molar-refractivity contribution in [3.63, 3.8) is 0 Å². The van der Waals surface area contributed by atoms with Crippen molar-refractivity contribution in [2.24, 2.45) is 0 Å². The zero-order chi connectivity index (χ0) is 20.0. The minimum absolute atomic E-state index is 0.0713. The summed E-state index contributed by atoms with van der Waals surface area (Å²) in [7, 11) is -3.68. The van der Waals surface area contributed by atoms with Crippen LogP contribution in [-0.2, 0) is 10.0 Å². The molecule has 0 bridgehead atoms. The van der Waals surface area contributed by atoms with Crippen molar-refractivity contribution in [2.45, 2.75) is 11.8 Å². The van der Waals surface area contributed by atoms with Crippen molar-refractivity contribution < 1.29 is 18.3 Å². The molecule has 1 N–H and O–H groups in total. The maximum atomic E-state index is 12.6. The van der Waals surface area contributed by atoms with Crippen molar-refractivity contribution in [1.29, 1.82) is 0 Å². The molecule has 0 spiro atoms. The molecule has 10 nitrogen and oxygen atoms in total. The van der Waals surface area contributed by atoms with Crippen molar-refractivity contribution >= 4 is 27.1 Å². The van der Waals surface area contributed by atoms with Crippen LogP contribution in [0.4, 0.5) is 17.1 Å². The first kappa shape index (κ1) is 20.3. The second-order valence-electron chi connectivity index (χ2n) is 5.45. The molecule has 11 heteroatoms. The fourth-order valence-electron chi connectivity index (χ4n) is 2.44. The van der Waals surface area contributed by atoms with Crippen molar-refractivity contribution in [3.8, 4) is 0 Å². The number of hydrogen-bond acceptors (Lipinski definition) is 7. The van der Waals surface area contributed by atoms with Crippen molar-refractivity contribution in [3.05, 3.63) is 68.8 Å². The van der Waals surface area contributed by atoms with Crippen LogP contribution in [0.15, 0.2) is 53.4 Å². The summed E-state index contributed by atoms with van der Waals surface area (Å²) in [6, 6.07) is 11.2. The van der Waals surface area contributed by atoms with E-state index in [1.807, 2.05) is 0 Å². The normalized spacial score (nSPS) is 11.3. The first-order chi connectivity index (χ1) is 12.8. The zero-order valence-electron chi connectivity index (χ0n) is 14.4. The highest BCUT2D eigenvalue weighted by Crippen LogP contribution is 2.28. The standard InChI is InChI=1S/C16H18N4O6S/c1-2-18(27(25,26)14-6-4-3-5-7-14)11-10-17-15-9-8-13(19(21)22)12-16(15)20(23)24/h3-9,12,17H,2,10-11H2,1H3. The number of non-ortho nitro benzene ring substituents is 1. The minimum Gasteiger partial charge on any atom is -0.378 e. The van der Waals surface area contributed by atoms with Crippen LogP contribution in [0.2, 0.25) is 0 Å². The monoisotopic (exact) mass is 394 g/mol. The molecule has 0 amide bonds. The van der Waals surface area contributed by atoms with E-state index in [4.69, 9.17) is 0 Å². The van der Waals surface area contributed by atoms with Gasteiger partial charge in [0.2, 0.25) is 10.0 Å². The van der Waals surface area contributed by atoms with E-state index < -0.39 is 31.2 Å². The first-order valence-corrected chi connectivity index (χ1v) is 9.43. The number of sulfonamides is 1. The van der Waals surface area contributed by atoms with Crippen LogP contribution in [0.5, 0.6) is 0 Å². The average molecular weight is 394 g/mol. The molecule has 2 aromatic carbocycles. The lowest BCUT2D eigenvalue weighted by Crippen LogP contribution is -2.34. The number of likely N-dealkylation sites (N-methyl/N-ethyl adjacent to an activating group) is 1. The number of nitro benzene ring substituents is 2. The summed E-state index contributed by atoms with van der Waals surface area (Å²) in [5.41, 5.74) is -0.758. The van der Waals surface area contributed by atoms with Gasteiger partial charge in [-0.3, -0.25) is 20.2 Å². The smallest absolute Gasteiger partial charge is 0.299 e. The molecule has 0 fully saturated rings. The lowest BCUT2D eigenvalue weighted by atomic mass is 10.2. The molecule has 0 radical (unpaired) electrons.